The average molecular weight is 426 g/mol. The van der Waals surface area contributed by atoms with Crippen LogP contribution in [-0.4, -0.2) is 31.8 Å². The second kappa shape index (κ2) is 7.70. The van der Waals surface area contributed by atoms with Gasteiger partial charge in [-0.2, -0.15) is 0 Å². The topological polar surface area (TPSA) is 104 Å². The van der Waals surface area contributed by atoms with Crippen molar-refractivity contribution >= 4 is 22.7 Å². The standard InChI is InChI=1S/C25H18N2O5/c28-18-10-8-15(9-11-18)22-21(23(29)20-13-16-5-1-2-7-19(16)32-20)24(30)25(31)27(22)14-17-6-3-4-12-26-17/h1-13,22,28,30H,14H2. The molecule has 7 heteroatoms. The molecule has 0 saturated heterocycles. The zero-order valence-corrected chi connectivity index (χ0v) is 16.8. The highest BCUT2D eigenvalue weighted by molar-refractivity contribution is 6.16. The zero-order valence-electron chi connectivity index (χ0n) is 16.8. The van der Waals surface area contributed by atoms with Gasteiger partial charge >= 0.3 is 0 Å². The number of aliphatic hydroxyl groups is 1. The lowest BCUT2D eigenvalue weighted by atomic mass is 9.95. The van der Waals surface area contributed by atoms with Gasteiger partial charge in [-0.15, -0.1) is 0 Å². The molecule has 2 aromatic carbocycles. The normalized spacial score (nSPS) is 16.2. The number of para-hydroxylation sites is 1. The molecule has 3 heterocycles. The lowest BCUT2D eigenvalue weighted by Crippen LogP contribution is -2.31. The number of aromatic hydroxyl groups is 1. The fraction of sp³-hybridized carbons (Fsp3) is 0.0800. The predicted molar refractivity (Wildman–Crippen MR) is 116 cm³/mol. The summed E-state index contributed by atoms with van der Waals surface area (Å²) in [6, 6.07) is 19.4. The number of pyridine rings is 1. The number of furan rings is 1. The number of rotatable bonds is 5. The molecule has 1 unspecified atom stereocenters. The number of ketones is 1. The number of hydrogen-bond donors (Lipinski definition) is 2. The van der Waals surface area contributed by atoms with Crippen LogP contribution < -0.4 is 0 Å². The summed E-state index contributed by atoms with van der Waals surface area (Å²) in [5, 5.41) is 21.2. The first-order valence-electron chi connectivity index (χ1n) is 9.99. The number of amides is 1. The minimum absolute atomic E-state index is 0.0315. The number of benzene rings is 2. The Morgan fingerprint density at radius 2 is 1.75 bits per heavy atom. The Morgan fingerprint density at radius 3 is 2.47 bits per heavy atom. The Bertz CT molecular complexity index is 1320. The molecule has 0 saturated carbocycles. The second-order valence-electron chi connectivity index (χ2n) is 7.49. The van der Waals surface area contributed by atoms with Crippen LogP contribution in [0.25, 0.3) is 11.0 Å². The van der Waals surface area contributed by atoms with Crippen LogP contribution in [0.3, 0.4) is 0 Å². The lowest BCUT2D eigenvalue weighted by molar-refractivity contribution is -0.130. The first-order chi connectivity index (χ1) is 15.5. The molecule has 1 amide bonds. The van der Waals surface area contributed by atoms with Crippen molar-refractivity contribution in [3.63, 3.8) is 0 Å². The van der Waals surface area contributed by atoms with Gasteiger partial charge in [0.15, 0.2) is 11.5 Å². The highest BCUT2D eigenvalue weighted by Crippen LogP contribution is 2.40. The van der Waals surface area contributed by atoms with Crippen LogP contribution in [0.4, 0.5) is 0 Å². The molecule has 0 aliphatic carbocycles. The molecule has 32 heavy (non-hydrogen) atoms. The molecule has 2 N–H and O–H groups in total. The fourth-order valence-corrected chi connectivity index (χ4v) is 3.94. The van der Waals surface area contributed by atoms with E-state index in [-0.39, 0.29) is 23.6 Å². The molecule has 0 spiro atoms. The number of aromatic nitrogens is 1. The molecule has 1 aliphatic rings. The second-order valence-corrected chi connectivity index (χ2v) is 7.49. The van der Waals surface area contributed by atoms with E-state index in [1.807, 2.05) is 12.1 Å². The molecule has 5 rings (SSSR count). The third-order valence-electron chi connectivity index (χ3n) is 5.46. The fourth-order valence-electron chi connectivity index (χ4n) is 3.94. The van der Waals surface area contributed by atoms with Crippen LogP contribution in [0.2, 0.25) is 0 Å². The molecular formula is C25H18N2O5. The van der Waals surface area contributed by atoms with E-state index >= 15 is 0 Å². The summed E-state index contributed by atoms with van der Waals surface area (Å²) in [6.07, 6.45) is 1.61. The number of hydrogen-bond acceptors (Lipinski definition) is 6. The van der Waals surface area contributed by atoms with E-state index in [9.17, 15) is 19.8 Å². The van der Waals surface area contributed by atoms with E-state index in [4.69, 9.17) is 4.42 Å². The van der Waals surface area contributed by atoms with Crippen LogP contribution in [0, 0.1) is 0 Å². The molecule has 1 aliphatic heterocycles. The van der Waals surface area contributed by atoms with Gasteiger partial charge in [0.1, 0.15) is 11.3 Å². The number of phenolic OH excluding ortho intramolecular Hbond substituents is 1. The van der Waals surface area contributed by atoms with Crippen molar-refractivity contribution in [1.29, 1.82) is 0 Å². The summed E-state index contributed by atoms with van der Waals surface area (Å²) in [7, 11) is 0. The minimum atomic E-state index is -0.870. The Hall–Kier alpha value is -4.39. The summed E-state index contributed by atoms with van der Waals surface area (Å²) in [4.78, 5) is 32.2. The Balaban J connectivity index is 1.60. The number of carbonyl (C=O) groups excluding carboxylic acids is 2. The lowest BCUT2D eigenvalue weighted by Gasteiger charge is -2.26. The highest BCUT2D eigenvalue weighted by atomic mass is 16.3. The first kappa shape index (κ1) is 19.6. The van der Waals surface area contributed by atoms with E-state index in [0.717, 1.165) is 5.39 Å². The molecular weight excluding hydrogens is 408 g/mol. The number of aliphatic hydroxyl groups excluding tert-OH is 1. The maximum Gasteiger partial charge on any atom is 0.290 e. The third kappa shape index (κ3) is 3.30. The zero-order chi connectivity index (χ0) is 22.2. The van der Waals surface area contributed by atoms with Crippen molar-refractivity contribution in [2.24, 2.45) is 0 Å². The van der Waals surface area contributed by atoms with Gasteiger partial charge in [-0.1, -0.05) is 36.4 Å². The van der Waals surface area contributed by atoms with E-state index < -0.39 is 23.5 Å². The van der Waals surface area contributed by atoms with Crippen molar-refractivity contribution in [2.75, 3.05) is 0 Å². The van der Waals surface area contributed by atoms with Gasteiger partial charge in [0.05, 0.1) is 23.9 Å². The number of Topliss-reactive ketones (excluding diaryl/α,β-unsaturated/α-hetero) is 1. The summed E-state index contributed by atoms with van der Waals surface area (Å²) in [5.41, 5.74) is 1.63. The Labute approximate surface area is 182 Å². The summed E-state index contributed by atoms with van der Waals surface area (Å²) in [6.45, 7) is 0.0895. The van der Waals surface area contributed by atoms with E-state index in [2.05, 4.69) is 4.98 Å². The highest BCUT2D eigenvalue weighted by Gasteiger charge is 2.44. The van der Waals surface area contributed by atoms with Gasteiger partial charge in [-0.3, -0.25) is 14.6 Å². The quantitative estimate of drug-likeness (QED) is 0.461. The summed E-state index contributed by atoms with van der Waals surface area (Å²) in [5.74, 6) is -1.79. The Kier molecular flexibility index (Phi) is 4.71. The van der Waals surface area contributed by atoms with Crippen molar-refractivity contribution in [2.45, 2.75) is 12.6 Å². The molecule has 1 atom stereocenters. The molecule has 158 valence electrons. The van der Waals surface area contributed by atoms with Crippen molar-refractivity contribution in [1.82, 2.24) is 9.88 Å². The van der Waals surface area contributed by atoms with Crippen molar-refractivity contribution in [3.8, 4) is 5.75 Å². The van der Waals surface area contributed by atoms with E-state index in [0.29, 0.717) is 16.8 Å². The van der Waals surface area contributed by atoms with Gasteiger partial charge < -0.3 is 19.5 Å². The molecule has 0 bridgehead atoms. The third-order valence-corrected chi connectivity index (χ3v) is 5.46. The molecule has 0 radical (unpaired) electrons. The molecule has 4 aromatic rings. The van der Waals surface area contributed by atoms with Gasteiger partial charge in [-0.05, 0) is 42.0 Å². The monoisotopic (exact) mass is 426 g/mol. The number of carbonyl (C=O) groups is 2. The molecule has 2 aromatic heterocycles. The van der Waals surface area contributed by atoms with Gasteiger partial charge in [-0.25, -0.2) is 0 Å². The van der Waals surface area contributed by atoms with Crippen LogP contribution in [-0.2, 0) is 11.3 Å². The number of nitrogens with zero attached hydrogens (tertiary/aromatic N) is 2. The SMILES string of the molecule is O=C(C1=C(O)C(=O)N(Cc2ccccn2)C1c1ccc(O)cc1)c1cc2ccccc2o1. The number of phenols is 1. The largest absolute Gasteiger partial charge is 0.508 e. The van der Waals surface area contributed by atoms with E-state index in [1.165, 1.54) is 17.0 Å². The first-order valence-corrected chi connectivity index (χ1v) is 9.99. The van der Waals surface area contributed by atoms with Gasteiger partial charge in [0.25, 0.3) is 5.91 Å². The number of fused-ring (bicyclic) bond motifs is 1. The summed E-state index contributed by atoms with van der Waals surface area (Å²) >= 11 is 0. The smallest absolute Gasteiger partial charge is 0.290 e. The van der Waals surface area contributed by atoms with Gasteiger partial charge in [0, 0.05) is 11.6 Å². The van der Waals surface area contributed by atoms with Gasteiger partial charge in [0.2, 0.25) is 5.78 Å². The summed E-state index contributed by atoms with van der Waals surface area (Å²) < 4.78 is 5.71. The van der Waals surface area contributed by atoms with Crippen molar-refractivity contribution < 1.29 is 24.2 Å². The maximum atomic E-state index is 13.5. The molecule has 7 nitrogen and oxygen atoms in total. The Morgan fingerprint density at radius 1 is 1.00 bits per heavy atom. The van der Waals surface area contributed by atoms with Crippen LogP contribution >= 0.6 is 0 Å². The van der Waals surface area contributed by atoms with Crippen LogP contribution in [0.5, 0.6) is 5.75 Å². The van der Waals surface area contributed by atoms with Crippen LogP contribution in [0.1, 0.15) is 27.9 Å². The van der Waals surface area contributed by atoms with E-state index in [1.54, 1.807) is 54.7 Å². The van der Waals surface area contributed by atoms with Crippen molar-refractivity contribution in [3.05, 3.63) is 107 Å². The predicted octanol–water partition coefficient (Wildman–Crippen LogP) is 4.31. The molecule has 0 fully saturated rings. The maximum absolute atomic E-state index is 13.5. The minimum Gasteiger partial charge on any atom is -0.508 e. The van der Waals surface area contributed by atoms with Crippen LogP contribution in [0.15, 0.2) is 94.7 Å². The average Bonchev–Trinajstić information content (AvgIpc) is 3.35.